The third-order valence-corrected chi connectivity index (χ3v) is 4.10. The van der Waals surface area contributed by atoms with Gasteiger partial charge in [0, 0.05) is 23.4 Å². The number of hydrogen-bond acceptors (Lipinski definition) is 5. The van der Waals surface area contributed by atoms with Crippen molar-refractivity contribution in [3.8, 4) is 0 Å². The van der Waals surface area contributed by atoms with Crippen molar-refractivity contribution in [2.75, 3.05) is 17.7 Å². The number of nitrogens with one attached hydrogen (secondary N) is 2. The monoisotopic (exact) mass is 383 g/mol. The number of amides is 2. The van der Waals surface area contributed by atoms with Gasteiger partial charge in [-0.05, 0) is 56.2 Å². The largest absolute Gasteiger partial charge is 0.464 e. The van der Waals surface area contributed by atoms with Crippen LogP contribution in [0.3, 0.4) is 0 Å². The molecule has 0 aromatic heterocycles. The Morgan fingerprint density at radius 2 is 1.75 bits per heavy atom. The van der Waals surface area contributed by atoms with Gasteiger partial charge in [0.2, 0.25) is 5.91 Å². The van der Waals surface area contributed by atoms with Gasteiger partial charge >= 0.3 is 5.97 Å². The Kier molecular flexibility index (Phi) is 7.56. The van der Waals surface area contributed by atoms with Crippen molar-refractivity contribution in [3.05, 3.63) is 59.7 Å². The number of benzene rings is 2. The summed E-state index contributed by atoms with van der Waals surface area (Å²) in [5.74, 6) is -1.02. The maximum atomic E-state index is 12.2. The van der Waals surface area contributed by atoms with Crippen LogP contribution in [0.4, 0.5) is 11.4 Å². The number of esters is 1. The third kappa shape index (κ3) is 6.12. The molecule has 7 heteroatoms. The lowest BCUT2D eigenvalue weighted by Gasteiger charge is -2.13. The first-order chi connectivity index (χ1) is 13.4. The highest BCUT2D eigenvalue weighted by Crippen LogP contribution is 2.14. The van der Waals surface area contributed by atoms with E-state index >= 15 is 0 Å². The molecule has 148 valence electrons. The van der Waals surface area contributed by atoms with Gasteiger partial charge in [-0.2, -0.15) is 0 Å². The molecule has 0 saturated carbocycles. The smallest absolute Gasteiger partial charge is 0.328 e. The maximum absolute atomic E-state index is 12.2. The molecule has 0 heterocycles. The van der Waals surface area contributed by atoms with E-state index < -0.39 is 17.9 Å². The highest BCUT2D eigenvalue weighted by Gasteiger charge is 2.17. The van der Waals surface area contributed by atoms with Gasteiger partial charge in [-0.3, -0.25) is 9.59 Å². The normalized spacial score (nSPS) is 11.4. The van der Waals surface area contributed by atoms with E-state index in [9.17, 15) is 14.4 Å². The van der Waals surface area contributed by atoms with Crippen molar-refractivity contribution >= 4 is 29.2 Å². The first kappa shape index (κ1) is 21.0. The number of nitrogens with two attached hydrogens (primary N) is 1. The van der Waals surface area contributed by atoms with Gasteiger partial charge in [0.15, 0.2) is 0 Å². The van der Waals surface area contributed by atoms with E-state index in [-0.39, 0.29) is 12.5 Å². The number of rotatable bonds is 8. The van der Waals surface area contributed by atoms with Crippen LogP contribution >= 0.6 is 0 Å². The van der Waals surface area contributed by atoms with E-state index in [4.69, 9.17) is 10.5 Å². The molecule has 0 aliphatic heterocycles. The van der Waals surface area contributed by atoms with Crippen molar-refractivity contribution in [2.24, 2.45) is 0 Å². The van der Waals surface area contributed by atoms with Gasteiger partial charge in [0.25, 0.3) is 5.91 Å². The van der Waals surface area contributed by atoms with Crippen LogP contribution in [0.15, 0.2) is 48.5 Å². The molecule has 0 spiro atoms. The minimum atomic E-state index is -0.739. The zero-order valence-electron chi connectivity index (χ0n) is 16.0. The summed E-state index contributed by atoms with van der Waals surface area (Å²) in [6.07, 6.45) is 0.845. The van der Waals surface area contributed by atoms with Crippen LogP contribution in [-0.4, -0.2) is 30.4 Å². The maximum Gasteiger partial charge on any atom is 0.328 e. The Labute approximate surface area is 164 Å². The first-order valence-electron chi connectivity index (χ1n) is 9.11. The van der Waals surface area contributed by atoms with Gasteiger partial charge in [0.05, 0.1) is 6.61 Å². The standard InChI is InChI=1S/C21H25N3O4/c1-3-28-21(27)14(2)23-20(26)16-8-11-17(12-9-16)24-19(25)13-10-15-6-4-5-7-18(15)22/h4-9,11-12,14H,3,10,13,22H2,1-2H3,(H,23,26)(H,24,25). The quantitative estimate of drug-likeness (QED) is 0.479. The van der Waals surface area contributed by atoms with Gasteiger partial charge in [-0.15, -0.1) is 0 Å². The molecule has 0 radical (unpaired) electrons. The van der Waals surface area contributed by atoms with Crippen LogP contribution < -0.4 is 16.4 Å². The van der Waals surface area contributed by atoms with E-state index in [0.29, 0.717) is 29.8 Å². The topological polar surface area (TPSA) is 111 Å². The van der Waals surface area contributed by atoms with E-state index in [1.54, 1.807) is 44.2 Å². The number of anilines is 2. The number of hydrogen-bond donors (Lipinski definition) is 3. The first-order valence-corrected chi connectivity index (χ1v) is 9.11. The Morgan fingerprint density at radius 1 is 1.07 bits per heavy atom. The highest BCUT2D eigenvalue weighted by molar-refractivity contribution is 5.97. The average Bonchev–Trinajstić information content (AvgIpc) is 2.68. The molecule has 0 saturated heterocycles. The summed E-state index contributed by atoms with van der Waals surface area (Å²) in [5.41, 5.74) is 8.44. The van der Waals surface area contributed by atoms with Crippen molar-refractivity contribution in [2.45, 2.75) is 32.7 Å². The van der Waals surface area contributed by atoms with Crippen LogP contribution in [0, 0.1) is 0 Å². The highest BCUT2D eigenvalue weighted by atomic mass is 16.5. The summed E-state index contributed by atoms with van der Waals surface area (Å²) in [6, 6.07) is 13.1. The van der Waals surface area contributed by atoms with Gasteiger partial charge in [-0.1, -0.05) is 18.2 Å². The van der Waals surface area contributed by atoms with Crippen molar-refractivity contribution in [1.29, 1.82) is 0 Å². The molecular formula is C21H25N3O4. The predicted molar refractivity (Wildman–Crippen MR) is 108 cm³/mol. The number of ether oxygens (including phenoxy) is 1. The molecule has 2 aromatic rings. The van der Waals surface area contributed by atoms with Crippen LogP contribution in [0.2, 0.25) is 0 Å². The summed E-state index contributed by atoms with van der Waals surface area (Å²) in [7, 11) is 0. The average molecular weight is 383 g/mol. The van der Waals surface area contributed by atoms with E-state index in [0.717, 1.165) is 5.56 Å². The summed E-state index contributed by atoms with van der Waals surface area (Å²) in [6.45, 7) is 3.52. The molecule has 2 aromatic carbocycles. The zero-order valence-corrected chi connectivity index (χ0v) is 16.0. The number of carbonyl (C=O) groups is 3. The lowest BCUT2D eigenvalue weighted by Crippen LogP contribution is -2.39. The van der Waals surface area contributed by atoms with E-state index in [1.165, 1.54) is 0 Å². The minimum Gasteiger partial charge on any atom is -0.464 e. The number of aryl methyl sites for hydroxylation is 1. The van der Waals surface area contributed by atoms with Gasteiger partial charge in [0.1, 0.15) is 6.04 Å². The lowest BCUT2D eigenvalue weighted by molar-refractivity contribution is -0.144. The molecule has 4 N–H and O–H groups in total. The minimum absolute atomic E-state index is 0.142. The Bertz CT molecular complexity index is 834. The Balaban J connectivity index is 1.86. The molecule has 0 aliphatic rings. The van der Waals surface area contributed by atoms with Crippen molar-refractivity contribution < 1.29 is 19.1 Å². The van der Waals surface area contributed by atoms with E-state index in [1.807, 2.05) is 18.2 Å². The fourth-order valence-electron chi connectivity index (χ4n) is 2.54. The second-order valence-corrected chi connectivity index (χ2v) is 6.27. The fraction of sp³-hybridized carbons (Fsp3) is 0.286. The fourth-order valence-corrected chi connectivity index (χ4v) is 2.54. The molecule has 28 heavy (non-hydrogen) atoms. The van der Waals surface area contributed by atoms with Crippen molar-refractivity contribution in [3.63, 3.8) is 0 Å². The van der Waals surface area contributed by atoms with Gasteiger partial charge < -0.3 is 21.1 Å². The van der Waals surface area contributed by atoms with Crippen molar-refractivity contribution in [1.82, 2.24) is 5.32 Å². The van der Waals surface area contributed by atoms with Crippen LogP contribution in [0.25, 0.3) is 0 Å². The SMILES string of the molecule is CCOC(=O)C(C)NC(=O)c1ccc(NC(=O)CCc2ccccc2N)cc1. The Hall–Kier alpha value is -3.35. The predicted octanol–water partition coefficient (Wildman–Crippen LogP) is 2.52. The van der Waals surface area contributed by atoms with Crippen LogP contribution in [0.5, 0.6) is 0 Å². The third-order valence-electron chi connectivity index (χ3n) is 4.10. The lowest BCUT2D eigenvalue weighted by atomic mass is 10.1. The molecular weight excluding hydrogens is 358 g/mol. The molecule has 7 nitrogen and oxygen atoms in total. The second-order valence-electron chi connectivity index (χ2n) is 6.27. The Morgan fingerprint density at radius 3 is 2.39 bits per heavy atom. The summed E-state index contributed by atoms with van der Waals surface area (Å²) >= 11 is 0. The molecule has 1 unspecified atom stereocenters. The number of carbonyl (C=O) groups excluding carboxylic acids is 3. The molecule has 0 fully saturated rings. The number of para-hydroxylation sites is 1. The summed E-state index contributed by atoms with van der Waals surface area (Å²) in [4.78, 5) is 35.9. The molecule has 2 rings (SSSR count). The van der Waals surface area contributed by atoms with Crippen LogP contribution in [0.1, 0.15) is 36.2 Å². The van der Waals surface area contributed by atoms with Gasteiger partial charge in [-0.25, -0.2) is 4.79 Å². The van der Waals surface area contributed by atoms with Crippen LogP contribution in [-0.2, 0) is 20.7 Å². The van der Waals surface area contributed by atoms with E-state index in [2.05, 4.69) is 10.6 Å². The molecule has 2 amide bonds. The molecule has 1 atom stereocenters. The second kappa shape index (κ2) is 10.1. The zero-order chi connectivity index (χ0) is 20.5. The molecule has 0 bridgehead atoms. The summed E-state index contributed by atoms with van der Waals surface area (Å²) < 4.78 is 4.86. The molecule has 0 aliphatic carbocycles. The summed E-state index contributed by atoms with van der Waals surface area (Å²) in [5, 5.41) is 5.36. The number of nitrogen functional groups attached to an aromatic ring is 1.